The lowest BCUT2D eigenvalue weighted by molar-refractivity contribution is 0.0613. The second-order valence-electron chi connectivity index (χ2n) is 3.91. The number of alkyl halides is 1. The lowest BCUT2D eigenvalue weighted by atomic mass is 9.91. The average molecular weight is 177 g/mol. The van der Waals surface area contributed by atoms with E-state index in [-0.39, 0.29) is 10.5 Å². The van der Waals surface area contributed by atoms with Crippen LogP contribution in [0.5, 0.6) is 0 Å². The third kappa shape index (κ3) is 1.40. The smallest absolute Gasteiger partial charge is 0.109 e. The van der Waals surface area contributed by atoms with Gasteiger partial charge in [-0.1, -0.05) is 0 Å². The Morgan fingerprint density at radius 1 is 1.36 bits per heavy atom. The molecule has 1 fully saturated rings. The molecule has 0 aromatic heterocycles. The van der Waals surface area contributed by atoms with Crippen molar-refractivity contribution in [3.05, 3.63) is 0 Å². The average Bonchev–Trinajstić information content (AvgIpc) is 1.84. The van der Waals surface area contributed by atoms with Gasteiger partial charge in [-0.05, 0) is 27.8 Å². The van der Waals surface area contributed by atoms with Crippen LogP contribution in [0.15, 0.2) is 0 Å². The van der Waals surface area contributed by atoms with E-state index in [4.69, 9.17) is 11.6 Å². The Labute approximate surface area is 73.9 Å². The fourth-order valence-electron chi connectivity index (χ4n) is 1.31. The van der Waals surface area contributed by atoms with E-state index in [1.54, 1.807) is 0 Å². The Morgan fingerprint density at radius 3 is 2.27 bits per heavy atom. The number of nitrogens with zero attached hydrogens (tertiary/aromatic N) is 1. The number of halogens is 1. The predicted octanol–water partition coefficient (Wildman–Crippen LogP) is 1.25. The summed E-state index contributed by atoms with van der Waals surface area (Å²) in [5, 5.41) is 3.30. The Balaban J connectivity index is 2.82. The van der Waals surface area contributed by atoms with Gasteiger partial charge >= 0.3 is 0 Å². The molecule has 0 bridgehead atoms. The van der Waals surface area contributed by atoms with Crippen molar-refractivity contribution in [3.63, 3.8) is 0 Å². The summed E-state index contributed by atoms with van der Waals surface area (Å²) in [6.45, 7) is 8.39. The molecule has 1 heterocycles. The summed E-state index contributed by atoms with van der Waals surface area (Å²) in [5.74, 6) is 0. The lowest BCUT2D eigenvalue weighted by Crippen LogP contribution is -2.67. The van der Waals surface area contributed by atoms with Gasteiger partial charge in [-0.25, -0.2) is 0 Å². The van der Waals surface area contributed by atoms with Gasteiger partial charge in [-0.3, -0.25) is 10.2 Å². The molecule has 1 atom stereocenters. The molecule has 1 unspecified atom stereocenters. The van der Waals surface area contributed by atoms with Crippen molar-refractivity contribution in [1.82, 2.24) is 10.2 Å². The van der Waals surface area contributed by atoms with Crippen LogP contribution >= 0.6 is 11.6 Å². The highest BCUT2D eigenvalue weighted by atomic mass is 35.5. The van der Waals surface area contributed by atoms with Gasteiger partial charge in [-0.15, -0.1) is 11.6 Å². The maximum atomic E-state index is 6.31. The molecular weight excluding hydrogens is 160 g/mol. The van der Waals surface area contributed by atoms with Crippen LogP contribution in [-0.4, -0.2) is 35.6 Å². The van der Waals surface area contributed by atoms with Crippen molar-refractivity contribution in [2.24, 2.45) is 0 Å². The summed E-state index contributed by atoms with van der Waals surface area (Å²) < 4.78 is 0. The minimum atomic E-state index is -0.306. The summed E-state index contributed by atoms with van der Waals surface area (Å²) in [5.41, 5.74) is 0.0206. The van der Waals surface area contributed by atoms with E-state index in [0.717, 1.165) is 13.1 Å². The summed E-state index contributed by atoms with van der Waals surface area (Å²) in [7, 11) is 2.11. The number of hydrogen-bond acceptors (Lipinski definition) is 2. The molecule has 1 N–H and O–H groups in total. The predicted molar refractivity (Wildman–Crippen MR) is 49.0 cm³/mol. The second kappa shape index (κ2) is 2.61. The van der Waals surface area contributed by atoms with Crippen molar-refractivity contribution in [2.45, 2.75) is 31.3 Å². The molecule has 1 aliphatic rings. The molecule has 3 heteroatoms. The number of nitrogens with one attached hydrogen (secondary N) is 1. The standard InChI is InChI=1S/C8H17ClN2/c1-7(2)8(3,9)10-5-6-11(7)4/h10H,5-6H2,1-4H3. The third-order valence-electron chi connectivity index (χ3n) is 3.01. The number of piperazine rings is 1. The van der Waals surface area contributed by atoms with Gasteiger partial charge in [-0.2, -0.15) is 0 Å². The van der Waals surface area contributed by atoms with Crippen LogP contribution in [0.1, 0.15) is 20.8 Å². The molecule has 0 saturated carbocycles. The molecule has 0 amide bonds. The Kier molecular flexibility index (Phi) is 2.21. The van der Waals surface area contributed by atoms with E-state index in [0.29, 0.717) is 0 Å². The molecule has 0 aromatic rings. The Hall–Kier alpha value is 0.210. The highest BCUT2D eigenvalue weighted by Gasteiger charge is 2.44. The largest absolute Gasteiger partial charge is 0.297 e. The molecule has 1 saturated heterocycles. The van der Waals surface area contributed by atoms with Gasteiger partial charge in [0.15, 0.2) is 0 Å². The van der Waals surface area contributed by atoms with E-state index < -0.39 is 0 Å². The SMILES string of the molecule is CN1CCNC(C)(Cl)C1(C)C. The Bertz CT molecular complexity index is 154. The highest BCUT2D eigenvalue weighted by molar-refractivity contribution is 6.24. The molecule has 66 valence electrons. The lowest BCUT2D eigenvalue weighted by Gasteiger charge is -2.50. The quantitative estimate of drug-likeness (QED) is 0.442. The summed E-state index contributed by atoms with van der Waals surface area (Å²) in [4.78, 5) is 1.98. The van der Waals surface area contributed by atoms with Gasteiger partial charge in [0.25, 0.3) is 0 Å². The molecule has 0 aliphatic carbocycles. The van der Waals surface area contributed by atoms with E-state index in [9.17, 15) is 0 Å². The summed E-state index contributed by atoms with van der Waals surface area (Å²) in [6, 6.07) is 0. The van der Waals surface area contributed by atoms with Crippen LogP contribution in [0.3, 0.4) is 0 Å². The zero-order chi connectivity index (χ0) is 8.70. The van der Waals surface area contributed by atoms with Crippen LogP contribution in [0.4, 0.5) is 0 Å². The number of hydrogen-bond donors (Lipinski definition) is 1. The zero-order valence-corrected chi connectivity index (χ0v) is 8.50. The zero-order valence-electron chi connectivity index (χ0n) is 7.74. The fourth-order valence-corrected chi connectivity index (χ4v) is 1.55. The van der Waals surface area contributed by atoms with Gasteiger partial charge in [0.2, 0.25) is 0 Å². The van der Waals surface area contributed by atoms with E-state index in [1.807, 2.05) is 6.92 Å². The van der Waals surface area contributed by atoms with Crippen LogP contribution in [-0.2, 0) is 0 Å². The topological polar surface area (TPSA) is 15.3 Å². The van der Waals surface area contributed by atoms with Gasteiger partial charge < -0.3 is 0 Å². The first-order valence-corrected chi connectivity index (χ1v) is 4.41. The summed E-state index contributed by atoms with van der Waals surface area (Å²) in [6.07, 6.45) is 0. The highest BCUT2D eigenvalue weighted by Crippen LogP contribution is 2.32. The molecule has 11 heavy (non-hydrogen) atoms. The molecule has 0 spiro atoms. The van der Waals surface area contributed by atoms with Crippen molar-refractivity contribution < 1.29 is 0 Å². The van der Waals surface area contributed by atoms with Gasteiger partial charge in [0.05, 0.1) is 0 Å². The van der Waals surface area contributed by atoms with E-state index >= 15 is 0 Å². The normalized spacial score (nSPS) is 39.0. The van der Waals surface area contributed by atoms with Crippen LogP contribution in [0.2, 0.25) is 0 Å². The number of likely N-dealkylation sites (N-methyl/N-ethyl adjacent to an activating group) is 1. The Morgan fingerprint density at radius 2 is 1.91 bits per heavy atom. The minimum Gasteiger partial charge on any atom is -0.297 e. The van der Waals surface area contributed by atoms with Gasteiger partial charge in [0.1, 0.15) is 5.00 Å². The monoisotopic (exact) mass is 176 g/mol. The molecule has 0 radical (unpaired) electrons. The first kappa shape index (κ1) is 9.30. The van der Waals surface area contributed by atoms with Crippen molar-refractivity contribution >= 4 is 11.6 Å². The minimum absolute atomic E-state index is 0.0206. The molecular formula is C8H17ClN2. The molecule has 0 aromatic carbocycles. The molecule has 1 rings (SSSR count). The second-order valence-corrected chi connectivity index (χ2v) is 4.67. The van der Waals surface area contributed by atoms with Crippen molar-refractivity contribution in [3.8, 4) is 0 Å². The summed E-state index contributed by atoms with van der Waals surface area (Å²) >= 11 is 6.31. The maximum absolute atomic E-state index is 6.31. The van der Waals surface area contributed by atoms with Crippen molar-refractivity contribution in [2.75, 3.05) is 20.1 Å². The first-order valence-electron chi connectivity index (χ1n) is 4.03. The first-order chi connectivity index (χ1) is 4.88. The number of rotatable bonds is 0. The van der Waals surface area contributed by atoms with Crippen LogP contribution < -0.4 is 5.32 Å². The van der Waals surface area contributed by atoms with Crippen LogP contribution in [0.25, 0.3) is 0 Å². The molecule has 1 aliphatic heterocycles. The van der Waals surface area contributed by atoms with Gasteiger partial charge in [0, 0.05) is 18.6 Å². The van der Waals surface area contributed by atoms with E-state index in [1.165, 1.54) is 0 Å². The third-order valence-corrected chi connectivity index (χ3v) is 3.60. The van der Waals surface area contributed by atoms with Crippen LogP contribution in [0, 0.1) is 0 Å². The van der Waals surface area contributed by atoms with Crippen molar-refractivity contribution in [1.29, 1.82) is 0 Å². The van der Waals surface area contributed by atoms with E-state index in [2.05, 4.69) is 31.1 Å². The molecule has 2 nitrogen and oxygen atoms in total. The fraction of sp³-hybridized carbons (Fsp3) is 1.00. The maximum Gasteiger partial charge on any atom is 0.109 e.